The van der Waals surface area contributed by atoms with Crippen LogP contribution in [0.5, 0.6) is 0 Å². The normalized spacial score (nSPS) is 24.8. The third-order valence-electron chi connectivity index (χ3n) is 3.74. The molecule has 0 bridgehead atoms. The minimum Gasteiger partial charge on any atom is -0.394 e. The van der Waals surface area contributed by atoms with Gasteiger partial charge >= 0.3 is 0 Å². The van der Waals surface area contributed by atoms with E-state index in [4.69, 9.17) is 9.84 Å². The van der Waals surface area contributed by atoms with E-state index in [1.165, 1.54) is 4.31 Å². The van der Waals surface area contributed by atoms with E-state index in [0.717, 1.165) is 11.1 Å². The van der Waals surface area contributed by atoms with Gasteiger partial charge in [0.15, 0.2) is 0 Å². The van der Waals surface area contributed by atoms with Crippen molar-refractivity contribution in [2.24, 2.45) is 0 Å². The van der Waals surface area contributed by atoms with E-state index in [0.29, 0.717) is 11.5 Å². The van der Waals surface area contributed by atoms with Gasteiger partial charge in [0.25, 0.3) is 0 Å². The molecule has 1 saturated heterocycles. The molecule has 1 N–H and O–H groups in total. The van der Waals surface area contributed by atoms with Crippen molar-refractivity contribution in [3.63, 3.8) is 0 Å². The maximum absolute atomic E-state index is 12.7. The third-order valence-corrected chi connectivity index (χ3v) is 5.71. The zero-order chi connectivity index (χ0) is 14.9. The molecule has 0 saturated carbocycles. The van der Waals surface area contributed by atoms with Crippen LogP contribution in [0, 0.1) is 13.8 Å². The summed E-state index contributed by atoms with van der Waals surface area (Å²) in [4.78, 5) is 0.297. The van der Waals surface area contributed by atoms with Crippen LogP contribution >= 0.6 is 0 Å². The smallest absolute Gasteiger partial charge is 0.243 e. The SMILES string of the molecule is Cc1ccc(S(=O)(=O)N2CC(CO)OCC2C)cc1C. The molecule has 1 heterocycles. The molecular formula is C14H21NO4S. The van der Waals surface area contributed by atoms with Crippen LogP contribution in [0.25, 0.3) is 0 Å². The molecule has 112 valence electrons. The highest BCUT2D eigenvalue weighted by Crippen LogP contribution is 2.24. The number of nitrogens with zero attached hydrogens (tertiary/aromatic N) is 1. The largest absolute Gasteiger partial charge is 0.394 e. The van der Waals surface area contributed by atoms with Gasteiger partial charge < -0.3 is 9.84 Å². The second kappa shape index (κ2) is 5.81. The molecular weight excluding hydrogens is 278 g/mol. The summed E-state index contributed by atoms with van der Waals surface area (Å²) in [6.07, 6.45) is -0.451. The Morgan fingerprint density at radius 2 is 2.05 bits per heavy atom. The standard InChI is InChI=1S/C14H21NO4S/c1-10-4-5-14(6-11(10)2)20(17,18)15-7-13(8-16)19-9-12(15)3/h4-6,12-13,16H,7-9H2,1-3H3. The summed E-state index contributed by atoms with van der Waals surface area (Å²) in [7, 11) is -3.55. The molecule has 0 aromatic heterocycles. The number of hydrogen-bond acceptors (Lipinski definition) is 4. The van der Waals surface area contributed by atoms with E-state index in [9.17, 15) is 8.42 Å². The molecule has 5 nitrogen and oxygen atoms in total. The van der Waals surface area contributed by atoms with Gasteiger partial charge in [0.05, 0.1) is 24.2 Å². The fourth-order valence-electron chi connectivity index (χ4n) is 2.25. The molecule has 0 amide bonds. The highest BCUT2D eigenvalue weighted by Gasteiger charge is 2.35. The Bertz CT molecular complexity index is 585. The van der Waals surface area contributed by atoms with Gasteiger partial charge in [-0.3, -0.25) is 0 Å². The van der Waals surface area contributed by atoms with E-state index < -0.39 is 16.1 Å². The summed E-state index contributed by atoms with van der Waals surface area (Å²) in [5.74, 6) is 0. The van der Waals surface area contributed by atoms with Gasteiger partial charge in [0.1, 0.15) is 0 Å². The van der Waals surface area contributed by atoms with Crippen LogP contribution in [-0.4, -0.2) is 49.7 Å². The number of aliphatic hydroxyl groups is 1. The second-order valence-corrected chi connectivity index (χ2v) is 7.20. The summed E-state index contributed by atoms with van der Waals surface area (Å²) in [5.41, 5.74) is 2.01. The summed E-state index contributed by atoms with van der Waals surface area (Å²) >= 11 is 0. The molecule has 0 radical (unpaired) electrons. The van der Waals surface area contributed by atoms with Crippen molar-refractivity contribution in [2.75, 3.05) is 19.8 Å². The maximum Gasteiger partial charge on any atom is 0.243 e. The lowest BCUT2D eigenvalue weighted by Crippen LogP contribution is -2.51. The van der Waals surface area contributed by atoms with Gasteiger partial charge in [0.2, 0.25) is 10.0 Å². The zero-order valence-electron chi connectivity index (χ0n) is 12.0. The molecule has 1 aromatic rings. The second-order valence-electron chi connectivity index (χ2n) is 5.31. The van der Waals surface area contributed by atoms with Crippen LogP contribution in [-0.2, 0) is 14.8 Å². The van der Waals surface area contributed by atoms with Crippen molar-refractivity contribution >= 4 is 10.0 Å². The monoisotopic (exact) mass is 299 g/mol. The van der Waals surface area contributed by atoms with Crippen molar-refractivity contribution in [1.29, 1.82) is 0 Å². The Morgan fingerprint density at radius 1 is 1.35 bits per heavy atom. The van der Waals surface area contributed by atoms with Crippen LogP contribution in [0.2, 0.25) is 0 Å². The van der Waals surface area contributed by atoms with Gasteiger partial charge in [-0.1, -0.05) is 6.07 Å². The average Bonchev–Trinajstić information content (AvgIpc) is 2.42. The van der Waals surface area contributed by atoms with Crippen LogP contribution in [0.15, 0.2) is 23.1 Å². The number of aryl methyl sites for hydroxylation is 2. The number of morpholine rings is 1. The van der Waals surface area contributed by atoms with Crippen molar-refractivity contribution < 1.29 is 18.3 Å². The quantitative estimate of drug-likeness (QED) is 0.907. The highest BCUT2D eigenvalue weighted by molar-refractivity contribution is 7.89. The minimum atomic E-state index is -3.55. The number of rotatable bonds is 3. The van der Waals surface area contributed by atoms with Crippen LogP contribution in [0.4, 0.5) is 0 Å². The van der Waals surface area contributed by atoms with Gasteiger partial charge in [-0.15, -0.1) is 0 Å². The molecule has 1 aromatic carbocycles. The average molecular weight is 299 g/mol. The van der Waals surface area contributed by atoms with Crippen molar-refractivity contribution in [3.05, 3.63) is 29.3 Å². The topological polar surface area (TPSA) is 66.8 Å². The molecule has 6 heteroatoms. The Labute approximate surface area is 120 Å². The van der Waals surface area contributed by atoms with E-state index in [2.05, 4.69) is 0 Å². The Balaban J connectivity index is 2.35. The number of hydrogen-bond donors (Lipinski definition) is 1. The van der Waals surface area contributed by atoms with Gasteiger partial charge in [-0.05, 0) is 44.0 Å². The lowest BCUT2D eigenvalue weighted by Gasteiger charge is -2.36. The summed E-state index contributed by atoms with van der Waals surface area (Å²) in [6.45, 7) is 5.97. The predicted octanol–water partition coefficient (Wildman–Crippen LogP) is 1.07. The van der Waals surface area contributed by atoms with Gasteiger partial charge in [0, 0.05) is 12.6 Å². The molecule has 2 atom stereocenters. The first kappa shape index (κ1) is 15.4. The lowest BCUT2D eigenvalue weighted by atomic mass is 10.1. The predicted molar refractivity (Wildman–Crippen MR) is 76.1 cm³/mol. The minimum absolute atomic E-state index is 0.175. The van der Waals surface area contributed by atoms with Crippen molar-refractivity contribution in [3.8, 4) is 0 Å². The molecule has 0 spiro atoms. The van der Waals surface area contributed by atoms with E-state index in [1.54, 1.807) is 12.1 Å². The summed E-state index contributed by atoms with van der Waals surface area (Å²) in [6, 6.07) is 4.91. The van der Waals surface area contributed by atoms with Crippen molar-refractivity contribution in [2.45, 2.75) is 37.8 Å². The molecule has 20 heavy (non-hydrogen) atoms. The van der Waals surface area contributed by atoms with E-state index >= 15 is 0 Å². The fraction of sp³-hybridized carbons (Fsp3) is 0.571. The molecule has 2 unspecified atom stereocenters. The number of benzene rings is 1. The van der Waals surface area contributed by atoms with Crippen LogP contribution in [0.1, 0.15) is 18.1 Å². The summed E-state index contributed by atoms with van der Waals surface area (Å²) in [5, 5.41) is 9.17. The Morgan fingerprint density at radius 3 is 2.65 bits per heavy atom. The van der Waals surface area contributed by atoms with Crippen LogP contribution in [0.3, 0.4) is 0 Å². The number of sulfonamides is 1. The molecule has 1 aliphatic rings. The molecule has 2 rings (SSSR count). The highest BCUT2D eigenvalue weighted by atomic mass is 32.2. The van der Waals surface area contributed by atoms with Gasteiger partial charge in [-0.25, -0.2) is 8.42 Å². The Kier molecular flexibility index (Phi) is 4.49. The molecule has 1 aliphatic heterocycles. The first-order chi connectivity index (χ1) is 9.36. The van der Waals surface area contributed by atoms with Gasteiger partial charge in [-0.2, -0.15) is 4.31 Å². The lowest BCUT2D eigenvalue weighted by molar-refractivity contribution is -0.0516. The fourth-order valence-corrected chi connectivity index (χ4v) is 3.98. The maximum atomic E-state index is 12.7. The first-order valence-electron chi connectivity index (χ1n) is 6.68. The van der Waals surface area contributed by atoms with E-state index in [-0.39, 0.29) is 19.2 Å². The molecule has 1 fully saturated rings. The number of aliphatic hydroxyl groups excluding tert-OH is 1. The van der Waals surface area contributed by atoms with Crippen molar-refractivity contribution in [1.82, 2.24) is 4.31 Å². The first-order valence-corrected chi connectivity index (χ1v) is 8.12. The third kappa shape index (κ3) is 2.88. The van der Waals surface area contributed by atoms with E-state index in [1.807, 2.05) is 26.8 Å². The zero-order valence-corrected chi connectivity index (χ0v) is 12.9. The molecule has 0 aliphatic carbocycles. The number of ether oxygens (including phenoxy) is 1. The summed E-state index contributed by atoms with van der Waals surface area (Å²) < 4.78 is 32.2. The Hall–Kier alpha value is -0.950. The van der Waals surface area contributed by atoms with Crippen LogP contribution < -0.4 is 0 Å².